The Morgan fingerprint density at radius 1 is 0.940 bits per heavy atom. The molecule has 6 heterocycles. The summed E-state index contributed by atoms with van der Waals surface area (Å²) < 4.78 is 38.4. The number of imide groups is 1. The zero-order chi connectivity index (χ0) is 47.4. The molecular formula is C49H65F2N11O5. The number of hydrogen-bond acceptors (Lipinski definition) is 11. The molecular weight excluding hydrogens is 861 g/mol. The maximum absolute atomic E-state index is 14.6. The molecule has 3 amide bonds. The number of amidine groups is 1. The van der Waals surface area contributed by atoms with Crippen LogP contribution in [0.2, 0.25) is 0 Å². The highest BCUT2D eigenvalue weighted by Crippen LogP contribution is 2.38. The molecule has 3 fully saturated rings. The molecule has 2 aromatic carbocycles. The zero-order valence-electron chi connectivity index (χ0n) is 39.0. The number of carbonyl (C=O) groups excluding carboxylic acids is 3. The lowest BCUT2D eigenvalue weighted by Crippen LogP contribution is -2.48. The summed E-state index contributed by atoms with van der Waals surface area (Å²) in [6.45, 7) is 9.55. The van der Waals surface area contributed by atoms with Gasteiger partial charge in [0.15, 0.2) is 0 Å². The van der Waals surface area contributed by atoms with Crippen molar-refractivity contribution in [2.75, 3.05) is 77.5 Å². The fourth-order valence-electron chi connectivity index (χ4n) is 10.6. The third-order valence-corrected chi connectivity index (χ3v) is 14.4. The van der Waals surface area contributed by atoms with Crippen LogP contribution >= 0.6 is 0 Å². The number of piperidine rings is 3. The average Bonchev–Trinajstić information content (AvgIpc) is 3.57. The molecule has 0 radical (unpaired) electrons. The van der Waals surface area contributed by atoms with Gasteiger partial charge in [-0.2, -0.15) is 0 Å². The molecule has 16 nitrogen and oxygen atoms in total. The number of likely N-dealkylation sites (tertiary alicyclic amines) is 2. The zero-order valence-corrected chi connectivity index (χ0v) is 39.0. The Morgan fingerprint density at radius 3 is 2.34 bits per heavy atom. The largest absolute Gasteiger partial charge is 0.493 e. The second kappa shape index (κ2) is 21.0. The minimum absolute atomic E-state index is 0.0568. The summed E-state index contributed by atoms with van der Waals surface area (Å²) in [6, 6.07) is 8.28. The standard InChI is InChI=1S/C49H65F2N11O5/c1-31(63)60-23-15-40(39(29-60)47(53)61-18-4-6-33-24-37(34(27-52)28-54-2)38(46(50)51)26-43(33)61)55-35-13-21-59(22-14-35)17-5-16-58-19-11-32(12-20-58)30-67-36-7-8-41-44(25-36)57(3)49(66)62(41)42-9-10-45(64)56-48(42)65/h7-8,24-28,32,35,42,46,52-55H,4-6,9-23,29-30H2,1-3H3,(H,56,64,65)/b34-28+,52-27?,53-47?. The van der Waals surface area contributed by atoms with Gasteiger partial charge in [0.05, 0.1) is 24.2 Å². The van der Waals surface area contributed by atoms with E-state index in [0.717, 1.165) is 101 Å². The molecule has 1 atom stereocenters. The number of ether oxygens (including phenoxy) is 1. The first kappa shape index (κ1) is 47.6. The van der Waals surface area contributed by atoms with Gasteiger partial charge >= 0.3 is 5.69 Å². The van der Waals surface area contributed by atoms with E-state index in [1.54, 1.807) is 38.2 Å². The Bertz CT molecular complexity index is 2500. The van der Waals surface area contributed by atoms with Crippen LogP contribution in [0.1, 0.15) is 93.9 Å². The SMILES string of the molecule is CN/C=C(\C=N)c1cc2c(cc1C(F)F)N(C(=N)C1=C(NC3CCN(CCCN4CCC(COc5ccc6c(c5)n(C)c(=O)n6C5CCC(=O)NC5=O)CC4)CC3)CCN(C(C)=O)C1)CCC2. The number of fused-ring (bicyclic) bond motifs is 2. The van der Waals surface area contributed by atoms with Crippen LogP contribution in [-0.4, -0.2) is 132 Å². The third-order valence-electron chi connectivity index (χ3n) is 14.4. The van der Waals surface area contributed by atoms with E-state index in [0.29, 0.717) is 85.0 Å². The summed E-state index contributed by atoms with van der Waals surface area (Å²) in [5.74, 6) is 0.526. The Balaban J connectivity index is 0.807. The van der Waals surface area contributed by atoms with Gasteiger partial charge in [-0.15, -0.1) is 0 Å². The molecule has 67 heavy (non-hydrogen) atoms. The van der Waals surface area contributed by atoms with Crippen LogP contribution in [-0.2, 0) is 27.9 Å². The maximum atomic E-state index is 14.6. The molecule has 0 bridgehead atoms. The van der Waals surface area contributed by atoms with Crippen molar-refractivity contribution in [1.82, 2.24) is 39.8 Å². The van der Waals surface area contributed by atoms with Gasteiger partial charge in [0.1, 0.15) is 17.6 Å². The first-order valence-electron chi connectivity index (χ1n) is 23.9. The van der Waals surface area contributed by atoms with E-state index in [2.05, 4.69) is 25.8 Å². The number of amides is 3. The molecule has 0 spiro atoms. The number of carbonyl (C=O) groups is 3. The van der Waals surface area contributed by atoms with Crippen LogP contribution in [0.15, 0.2) is 52.6 Å². The van der Waals surface area contributed by atoms with Gasteiger partial charge in [0.25, 0.3) is 6.43 Å². The highest BCUT2D eigenvalue weighted by Gasteiger charge is 2.34. The molecule has 3 aromatic rings. The molecule has 0 aliphatic carbocycles. The van der Waals surface area contributed by atoms with Crippen molar-refractivity contribution in [2.45, 2.75) is 89.6 Å². The average molecular weight is 926 g/mol. The summed E-state index contributed by atoms with van der Waals surface area (Å²) in [4.78, 5) is 58.7. The van der Waals surface area contributed by atoms with E-state index in [4.69, 9.17) is 10.1 Å². The second-order valence-corrected chi connectivity index (χ2v) is 18.7. The molecule has 5 N–H and O–H groups in total. The number of alkyl halides is 2. The van der Waals surface area contributed by atoms with Gasteiger partial charge in [-0.05, 0) is 119 Å². The predicted molar refractivity (Wildman–Crippen MR) is 255 cm³/mol. The van der Waals surface area contributed by atoms with E-state index in [1.165, 1.54) is 15.2 Å². The summed E-state index contributed by atoms with van der Waals surface area (Å²) >= 11 is 0. The van der Waals surface area contributed by atoms with Gasteiger partial charge in [0.2, 0.25) is 17.7 Å². The summed E-state index contributed by atoms with van der Waals surface area (Å²) in [5.41, 5.74) is 4.68. The van der Waals surface area contributed by atoms with Crippen molar-refractivity contribution in [3.63, 3.8) is 0 Å². The van der Waals surface area contributed by atoms with Crippen molar-refractivity contribution >= 4 is 52.1 Å². The van der Waals surface area contributed by atoms with E-state index in [9.17, 15) is 33.4 Å². The molecule has 8 rings (SSSR count). The molecule has 0 saturated carbocycles. The highest BCUT2D eigenvalue weighted by molar-refractivity contribution is 6.11. The molecule has 5 aliphatic heterocycles. The van der Waals surface area contributed by atoms with Crippen LogP contribution in [0, 0.1) is 16.7 Å². The van der Waals surface area contributed by atoms with Crippen molar-refractivity contribution in [3.8, 4) is 5.75 Å². The highest BCUT2D eigenvalue weighted by atomic mass is 19.3. The third kappa shape index (κ3) is 10.5. The second-order valence-electron chi connectivity index (χ2n) is 18.7. The number of imidazole rings is 1. The summed E-state index contributed by atoms with van der Waals surface area (Å²) in [7, 11) is 3.36. The molecule has 1 unspecified atom stereocenters. The van der Waals surface area contributed by atoms with Crippen molar-refractivity contribution in [3.05, 3.63) is 75.0 Å². The van der Waals surface area contributed by atoms with Crippen molar-refractivity contribution < 1.29 is 27.9 Å². The number of anilines is 1. The number of hydrogen-bond donors (Lipinski definition) is 5. The van der Waals surface area contributed by atoms with E-state index in [1.807, 2.05) is 23.1 Å². The monoisotopic (exact) mass is 926 g/mol. The van der Waals surface area contributed by atoms with Gasteiger partial charge in [-0.25, -0.2) is 13.6 Å². The minimum atomic E-state index is -2.76. The van der Waals surface area contributed by atoms with Crippen LogP contribution < -0.4 is 31.3 Å². The molecule has 3 saturated heterocycles. The van der Waals surface area contributed by atoms with Gasteiger partial charge in [-0.3, -0.25) is 34.2 Å². The number of rotatable bonds is 15. The maximum Gasteiger partial charge on any atom is 0.329 e. The van der Waals surface area contributed by atoms with Crippen LogP contribution in [0.4, 0.5) is 14.5 Å². The first-order valence-corrected chi connectivity index (χ1v) is 23.9. The quantitative estimate of drug-likeness (QED) is 0.0796. The Labute approximate surface area is 390 Å². The fraction of sp³-hybridized carbons (Fsp3) is 0.551. The normalized spacial score (nSPS) is 20.6. The topological polar surface area (TPSA) is 184 Å². The summed E-state index contributed by atoms with van der Waals surface area (Å²) in [6.07, 6.45) is 7.48. The number of nitrogens with one attached hydrogen (secondary N) is 5. The van der Waals surface area contributed by atoms with Crippen LogP contribution in [0.3, 0.4) is 0 Å². The smallest absolute Gasteiger partial charge is 0.329 e. The number of halogens is 2. The summed E-state index contributed by atoms with van der Waals surface area (Å²) in [5, 5.41) is 26.4. The lowest BCUT2D eigenvalue weighted by atomic mass is 9.91. The number of aromatic nitrogens is 2. The lowest BCUT2D eigenvalue weighted by molar-refractivity contribution is -0.135. The number of nitrogens with zero attached hydrogens (tertiary/aromatic N) is 6. The first-order chi connectivity index (χ1) is 32.3. The van der Waals surface area contributed by atoms with Crippen molar-refractivity contribution in [1.29, 1.82) is 10.8 Å². The number of allylic oxidation sites excluding steroid dienone is 1. The lowest BCUT2D eigenvalue weighted by Gasteiger charge is -2.39. The molecule has 18 heteroatoms. The Morgan fingerprint density at radius 2 is 1.67 bits per heavy atom. The van der Waals surface area contributed by atoms with Gasteiger partial charge < -0.3 is 40.4 Å². The molecule has 360 valence electrons. The Kier molecular flexibility index (Phi) is 14.9. The van der Waals surface area contributed by atoms with Gasteiger partial charge in [0, 0.05) is 113 Å². The van der Waals surface area contributed by atoms with Crippen molar-refractivity contribution in [2.24, 2.45) is 13.0 Å². The van der Waals surface area contributed by atoms with E-state index < -0.39 is 18.4 Å². The van der Waals surface area contributed by atoms with Crippen LogP contribution in [0.25, 0.3) is 16.6 Å². The number of aryl methyl sites for hydroxylation is 2. The Hall–Kier alpha value is -5.88. The van der Waals surface area contributed by atoms with E-state index >= 15 is 0 Å². The predicted octanol–water partition coefficient (Wildman–Crippen LogP) is 4.94. The fourth-order valence-corrected chi connectivity index (χ4v) is 10.6. The van der Waals surface area contributed by atoms with Crippen LogP contribution in [0.5, 0.6) is 5.75 Å². The molecule has 1 aromatic heterocycles. The number of benzene rings is 2. The van der Waals surface area contributed by atoms with E-state index in [-0.39, 0.29) is 41.4 Å². The minimum Gasteiger partial charge on any atom is -0.493 e. The molecule has 5 aliphatic rings. The van der Waals surface area contributed by atoms with Gasteiger partial charge in [-0.1, -0.05) is 0 Å².